The zero-order chi connectivity index (χ0) is 26.3. The summed E-state index contributed by atoms with van der Waals surface area (Å²) in [7, 11) is 0. The fourth-order valence-corrected chi connectivity index (χ4v) is 4.30. The smallest absolute Gasteiger partial charge is 0.326 e. The number of hydrogen-bond donors (Lipinski definition) is 4. The molecule has 0 amide bonds. The van der Waals surface area contributed by atoms with Crippen LogP contribution in [0.1, 0.15) is 77.2 Å². The van der Waals surface area contributed by atoms with Gasteiger partial charge in [-0.1, -0.05) is 89.3 Å². The zero-order valence-electron chi connectivity index (χ0n) is 22.0. The molecule has 1 aromatic carbocycles. The first kappa shape index (κ1) is 29.0. The number of hydrogen-bond acceptors (Lipinski definition) is 6. The molecular weight excluding hydrogens is 452 g/mol. The molecule has 1 atom stereocenters. The average Bonchev–Trinajstić information content (AvgIpc) is 2.87. The molecule has 0 radical (unpaired) electrons. The van der Waals surface area contributed by atoms with Gasteiger partial charge in [0.05, 0.1) is 5.70 Å². The van der Waals surface area contributed by atoms with E-state index in [4.69, 9.17) is 5.73 Å². The van der Waals surface area contributed by atoms with Crippen molar-refractivity contribution in [3.05, 3.63) is 71.3 Å². The number of carbonyl (C=O) groups is 2. The minimum atomic E-state index is -1.05. The summed E-state index contributed by atoms with van der Waals surface area (Å²) in [6.07, 6.45) is 10.7. The van der Waals surface area contributed by atoms with Gasteiger partial charge in [-0.2, -0.15) is 0 Å². The molecule has 198 valence electrons. The van der Waals surface area contributed by atoms with E-state index in [1.165, 1.54) is 12.8 Å². The van der Waals surface area contributed by atoms with Crippen LogP contribution in [0.3, 0.4) is 0 Å². The predicted octanol–water partition coefficient (Wildman–Crippen LogP) is 4.82. The Morgan fingerprint density at radius 2 is 1.67 bits per heavy atom. The van der Waals surface area contributed by atoms with Crippen LogP contribution in [0, 0.1) is 0 Å². The third-order valence-electron chi connectivity index (χ3n) is 6.40. The summed E-state index contributed by atoms with van der Waals surface area (Å²) >= 11 is 0. The molecule has 5 N–H and O–H groups in total. The van der Waals surface area contributed by atoms with E-state index in [9.17, 15) is 14.7 Å². The van der Waals surface area contributed by atoms with Crippen molar-refractivity contribution in [2.24, 2.45) is 5.73 Å². The summed E-state index contributed by atoms with van der Waals surface area (Å²) < 4.78 is 0. The molecule has 1 aliphatic carbocycles. The van der Waals surface area contributed by atoms with E-state index in [0.717, 1.165) is 62.9 Å². The molecule has 0 bridgehead atoms. The fourth-order valence-electron chi connectivity index (χ4n) is 4.30. The number of nitrogens with two attached hydrogens (primary N) is 1. The lowest BCUT2D eigenvalue weighted by Crippen LogP contribution is -2.47. The normalized spacial score (nSPS) is 14.4. The van der Waals surface area contributed by atoms with Gasteiger partial charge in [0.15, 0.2) is 0 Å². The molecule has 0 heterocycles. The van der Waals surface area contributed by atoms with E-state index in [2.05, 4.69) is 36.0 Å². The lowest BCUT2D eigenvalue weighted by molar-refractivity contribution is -0.139. The Morgan fingerprint density at radius 1 is 1.06 bits per heavy atom. The van der Waals surface area contributed by atoms with Crippen molar-refractivity contribution in [3.8, 4) is 0 Å². The van der Waals surface area contributed by atoms with Crippen LogP contribution in [0.5, 0.6) is 0 Å². The Bertz CT molecular complexity index is 912. The monoisotopic (exact) mass is 496 g/mol. The molecule has 7 nitrogen and oxygen atoms in total. The Hall–Kier alpha value is -3.22. The van der Waals surface area contributed by atoms with Crippen molar-refractivity contribution in [2.75, 3.05) is 13.1 Å². The topological polar surface area (TPSA) is 108 Å². The molecule has 36 heavy (non-hydrogen) atoms. The molecule has 2 rings (SSSR count). The number of benzene rings is 1. The molecule has 0 fully saturated rings. The molecular formula is C29H44N4O3. The van der Waals surface area contributed by atoms with Crippen LogP contribution in [-0.4, -0.2) is 40.9 Å². The average molecular weight is 497 g/mol. The number of nitrogens with zero attached hydrogens (tertiary/aromatic N) is 1. The maximum atomic E-state index is 12.7. The van der Waals surface area contributed by atoms with Gasteiger partial charge >= 0.3 is 5.97 Å². The van der Waals surface area contributed by atoms with Crippen LogP contribution in [0.15, 0.2) is 65.8 Å². The van der Waals surface area contributed by atoms with E-state index < -0.39 is 12.0 Å². The van der Waals surface area contributed by atoms with Gasteiger partial charge in [-0.3, -0.25) is 4.79 Å². The number of nitrogens with one attached hydrogen (secondary N) is 2. The third kappa shape index (κ3) is 9.10. The van der Waals surface area contributed by atoms with E-state index >= 15 is 0 Å². The molecule has 0 aliphatic heterocycles. The summed E-state index contributed by atoms with van der Waals surface area (Å²) in [4.78, 5) is 26.9. The first-order chi connectivity index (χ1) is 17.4. The van der Waals surface area contributed by atoms with Gasteiger partial charge in [0.25, 0.3) is 0 Å². The van der Waals surface area contributed by atoms with E-state index in [1.54, 1.807) is 6.20 Å². The Labute approximate surface area is 216 Å². The van der Waals surface area contributed by atoms with Crippen LogP contribution < -0.4 is 16.4 Å². The third-order valence-corrected chi connectivity index (χ3v) is 6.40. The molecule has 1 aromatic rings. The zero-order valence-corrected chi connectivity index (χ0v) is 22.0. The summed E-state index contributed by atoms with van der Waals surface area (Å²) in [6, 6.07) is 8.85. The Morgan fingerprint density at radius 3 is 2.22 bits per heavy atom. The summed E-state index contributed by atoms with van der Waals surface area (Å²) in [5.41, 5.74) is 9.20. The fraction of sp³-hybridized carbons (Fsp3) is 0.517. The van der Waals surface area contributed by atoms with Crippen molar-refractivity contribution >= 4 is 11.8 Å². The number of carbonyl (C=O) groups excluding carboxylic acids is 1. The van der Waals surface area contributed by atoms with Gasteiger partial charge in [0, 0.05) is 43.5 Å². The van der Waals surface area contributed by atoms with Gasteiger partial charge in [0.1, 0.15) is 11.7 Å². The Kier molecular flexibility index (Phi) is 12.7. The molecule has 1 aliphatic rings. The molecule has 0 saturated heterocycles. The van der Waals surface area contributed by atoms with Crippen LogP contribution in [0.25, 0.3) is 0 Å². The van der Waals surface area contributed by atoms with Gasteiger partial charge in [-0.05, 0) is 18.4 Å². The largest absolute Gasteiger partial charge is 0.480 e. The first-order valence-electron chi connectivity index (χ1n) is 13.3. The second-order valence-electron chi connectivity index (χ2n) is 9.46. The SMILES string of the molecule is C=C1C(=O)C(NC(C/C(N)=C/NCc2ccccc2)C(=O)O)=C1N(CCCCCC)CCCCCC. The van der Waals surface area contributed by atoms with E-state index in [1.807, 2.05) is 30.3 Å². The predicted molar refractivity (Wildman–Crippen MR) is 146 cm³/mol. The second kappa shape index (κ2) is 15.7. The van der Waals surface area contributed by atoms with E-state index in [0.29, 0.717) is 23.5 Å². The summed E-state index contributed by atoms with van der Waals surface area (Å²) in [5, 5.41) is 15.9. The van der Waals surface area contributed by atoms with E-state index in [-0.39, 0.29) is 12.2 Å². The number of ketones is 1. The summed E-state index contributed by atoms with van der Waals surface area (Å²) in [6.45, 7) is 10.6. The quantitative estimate of drug-likeness (QED) is 0.161. The minimum Gasteiger partial charge on any atom is -0.480 e. The summed E-state index contributed by atoms with van der Waals surface area (Å²) in [5.74, 6) is -1.27. The van der Waals surface area contributed by atoms with Crippen LogP contribution >= 0.6 is 0 Å². The van der Waals surface area contributed by atoms with Gasteiger partial charge in [-0.15, -0.1) is 0 Å². The maximum absolute atomic E-state index is 12.7. The molecule has 0 saturated carbocycles. The molecule has 1 unspecified atom stereocenters. The minimum absolute atomic E-state index is 0.0701. The van der Waals surface area contributed by atoms with Crippen LogP contribution in [-0.2, 0) is 16.1 Å². The number of carboxylic acids is 1. The number of allylic oxidation sites excluding steroid dienone is 2. The maximum Gasteiger partial charge on any atom is 0.326 e. The van der Waals surface area contributed by atoms with Gasteiger partial charge in [0.2, 0.25) is 5.78 Å². The van der Waals surface area contributed by atoms with Crippen molar-refractivity contribution in [3.63, 3.8) is 0 Å². The number of carboxylic acid groups (broad SMARTS) is 1. The second-order valence-corrected chi connectivity index (χ2v) is 9.46. The highest BCUT2D eigenvalue weighted by Crippen LogP contribution is 2.32. The highest BCUT2D eigenvalue weighted by Gasteiger charge is 2.37. The molecule has 0 aromatic heterocycles. The van der Waals surface area contributed by atoms with Gasteiger partial charge < -0.3 is 26.4 Å². The van der Waals surface area contributed by atoms with Gasteiger partial charge in [-0.25, -0.2) is 4.79 Å². The van der Waals surface area contributed by atoms with Crippen LogP contribution in [0.2, 0.25) is 0 Å². The molecule has 7 heteroatoms. The number of rotatable bonds is 19. The highest BCUT2D eigenvalue weighted by atomic mass is 16.4. The lowest BCUT2D eigenvalue weighted by atomic mass is 9.90. The first-order valence-corrected chi connectivity index (χ1v) is 13.3. The number of aliphatic carboxylic acids is 1. The number of unbranched alkanes of at least 4 members (excludes halogenated alkanes) is 6. The van der Waals surface area contributed by atoms with Crippen molar-refractivity contribution < 1.29 is 14.7 Å². The standard InChI is InChI=1S/C29H44N4O3/c1-4-6-8-13-17-33(18-14-9-7-5-2)27-22(3)28(34)26(27)32-25(29(35)36)19-24(30)21-31-20-23-15-11-10-12-16-23/h10-12,15-16,21,25,31-32H,3-9,13-14,17-20,30H2,1-2H3,(H,35,36)/b24-21-. The Balaban J connectivity index is 2.09. The van der Waals surface area contributed by atoms with Crippen LogP contribution in [0.4, 0.5) is 0 Å². The molecule has 0 spiro atoms. The van der Waals surface area contributed by atoms with Crippen molar-refractivity contribution in [2.45, 2.75) is 84.2 Å². The lowest BCUT2D eigenvalue weighted by Gasteiger charge is -2.37. The highest BCUT2D eigenvalue weighted by molar-refractivity contribution is 6.19. The van der Waals surface area contributed by atoms with Crippen molar-refractivity contribution in [1.29, 1.82) is 0 Å². The van der Waals surface area contributed by atoms with Crippen molar-refractivity contribution in [1.82, 2.24) is 15.5 Å². The number of Topliss-reactive ketones (excluding diaryl/α,β-unsaturated/α-hetero) is 1.